The number of ketones is 1. The van der Waals surface area contributed by atoms with Crippen molar-refractivity contribution in [1.82, 2.24) is 0 Å². The van der Waals surface area contributed by atoms with Crippen LogP contribution >= 0.6 is 11.3 Å². The molecule has 0 amide bonds. The summed E-state index contributed by atoms with van der Waals surface area (Å²) in [7, 11) is 0. The smallest absolute Gasteiger partial charge is 0.328 e. The fraction of sp³-hybridized carbons (Fsp3) is 0.360. The van der Waals surface area contributed by atoms with Gasteiger partial charge in [-0.15, -0.1) is 11.3 Å². The molecule has 0 saturated heterocycles. The maximum atomic E-state index is 12.9. The molecule has 4 rings (SSSR count). The first-order valence-corrected chi connectivity index (χ1v) is 10.8. The second-order valence-electron chi connectivity index (χ2n) is 8.93. The van der Waals surface area contributed by atoms with Crippen molar-refractivity contribution in [1.29, 1.82) is 0 Å². The van der Waals surface area contributed by atoms with Gasteiger partial charge in [0.25, 0.3) is 0 Å². The van der Waals surface area contributed by atoms with Crippen LogP contribution < -0.4 is 0 Å². The molecule has 1 fully saturated rings. The minimum absolute atomic E-state index is 0.0867. The molecule has 1 aromatic heterocycles. The third-order valence-electron chi connectivity index (χ3n) is 6.68. The quantitative estimate of drug-likeness (QED) is 0.492. The Labute approximate surface area is 175 Å². The molecular weight excluding hydrogens is 380 g/mol. The molecule has 2 aliphatic rings. The van der Waals surface area contributed by atoms with Crippen molar-refractivity contribution in [2.75, 3.05) is 0 Å². The first kappa shape index (κ1) is 19.8. The molecule has 2 aliphatic carbocycles. The van der Waals surface area contributed by atoms with Crippen molar-refractivity contribution in [2.45, 2.75) is 47.0 Å². The molecule has 150 valence electrons. The Morgan fingerprint density at radius 3 is 2.38 bits per heavy atom. The maximum Gasteiger partial charge on any atom is 0.328 e. The number of benzene rings is 1. The Kier molecular flexibility index (Phi) is 4.66. The third-order valence-corrected chi connectivity index (χ3v) is 7.86. The number of aliphatic carboxylic acids is 1. The summed E-state index contributed by atoms with van der Waals surface area (Å²) in [6.07, 6.45) is 7.36. The molecule has 1 N–H and O–H groups in total. The third kappa shape index (κ3) is 3.29. The Hall–Kier alpha value is -2.46. The molecule has 1 heterocycles. The Morgan fingerprint density at radius 2 is 1.76 bits per heavy atom. The van der Waals surface area contributed by atoms with Crippen LogP contribution in [0.25, 0.3) is 12.2 Å². The molecule has 0 bridgehead atoms. The van der Waals surface area contributed by atoms with Gasteiger partial charge in [0.2, 0.25) is 0 Å². The number of rotatable bonds is 5. The zero-order valence-electron chi connectivity index (χ0n) is 17.5. The molecule has 4 heteroatoms. The van der Waals surface area contributed by atoms with Gasteiger partial charge < -0.3 is 5.11 Å². The van der Waals surface area contributed by atoms with Crippen molar-refractivity contribution in [3.63, 3.8) is 0 Å². The molecular formula is C25H26O3S. The number of carbonyl (C=O) groups excluding carboxylic acids is 1. The summed E-state index contributed by atoms with van der Waals surface area (Å²) in [5, 5.41) is 8.85. The summed E-state index contributed by atoms with van der Waals surface area (Å²) in [5.74, 6) is 0.463. The van der Waals surface area contributed by atoms with Gasteiger partial charge in [0.15, 0.2) is 5.78 Å². The SMILES string of the molecule is Cc1cc(C=CC(=O)c2sc(C)c3c2C[C@@H]2[C@H]3C2(C)C)cc(C)c1C=CC(=O)O. The number of hydrogen-bond donors (Lipinski definition) is 1. The summed E-state index contributed by atoms with van der Waals surface area (Å²) in [6.45, 7) is 10.7. The van der Waals surface area contributed by atoms with E-state index < -0.39 is 5.97 Å². The predicted octanol–water partition coefficient (Wildman–Crippen LogP) is 5.96. The first-order chi connectivity index (χ1) is 13.6. The highest BCUT2D eigenvalue weighted by molar-refractivity contribution is 7.14. The fourth-order valence-electron chi connectivity index (χ4n) is 5.10. The average molecular weight is 407 g/mol. The fourth-order valence-corrected chi connectivity index (χ4v) is 6.25. The summed E-state index contributed by atoms with van der Waals surface area (Å²) in [4.78, 5) is 25.9. The van der Waals surface area contributed by atoms with Gasteiger partial charge in [-0.1, -0.05) is 32.1 Å². The van der Waals surface area contributed by atoms with E-state index in [1.165, 1.54) is 16.0 Å². The van der Waals surface area contributed by atoms with Crippen LogP contribution in [-0.4, -0.2) is 16.9 Å². The van der Waals surface area contributed by atoms with Gasteiger partial charge in [-0.25, -0.2) is 4.79 Å². The standard InChI is InChI=1S/C25H26O3S/c1-13-10-16(11-14(2)17(13)7-9-21(27)28)6-8-20(26)24-18-12-19-23(25(19,4)5)22(18)15(3)29-24/h6-11,19,23H,12H2,1-5H3,(H,27,28)/t19-,23-/m1/s1. The number of fused-ring (bicyclic) bond motifs is 3. The van der Waals surface area contributed by atoms with Crippen LogP contribution in [0.15, 0.2) is 24.3 Å². The van der Waals surface area contributed by atoms with Gasteiger partial charge in [0.05, 0.1) is 4.88 Å². The highest BCUT2D eigenvalue weighted by atomic mass is 32.1. The van der Waals surface area contributed by atoms with E-state index in [1.54, 1.807) is 23.5 Å². The Morgan fingerprint density at radius 1 is 1.10 bits per heavy atom. The van der Waals surface area contributed by atoms with Crippen LogP contribution in [0.1, 0.15) is 67.7 Å². The van der Waals surface area contributed by atoms with Crippen molar-refractivity contribution in [3.05, 3.63) is 67.4 Å². The van der Waals surface area contributed by atoms with Gasteiger partial charge in [0.1, 0.15) is 0 Å². The zero-order valence-corrected chi connectivity index (χ0v) is 18.3. The van der Waals surface area contributed by atoms with E-state index in [-0.39, 0.29) is 5.78 Å². The minimum atomic E-state index is -0.960. The molecule has 1 saturated carbocycles. The largest absolute Gasteiger partial charge is 0.478 e. The second-order valence-corrected chi connectivity index (χ2v) is 10.2. The van der Waals surface area contributed by atoms with Crippen LogP contribution in [0.4, 0.5) is 0 Å². The van der Waals surface area contributed by atoms with E-state index in [0.29, 0.717) is 17.3 Å². The van der Waals surface area contributed by atoms with Crippen LogP contribution in [0.2, 0.25) is 0 Å². The van der Waals surface area contributed by atoms with E-state index in [9.17, 15) is 9.59 Å². The van der Waals surface area contributed by atoms with E-state index in [2.05, 4.69) is 20.8 Å². The molecule has 2 aromatic rings. The lowest BCUT2D eigenvalue weighted by Crippen LogP contribution is -2.03. The van der Waals surface area contributed by atoms with Crippen molar-refractivity contribution in [3.8, 4) is 0 Å². The Bertz CT molecular complexity index is 1070. The lowest BCUT2D eigenvalue weighted by Gasteiger charge is -2.09. The Balaban J connectivity index is 1.57. The van der Waals surface area contributed by atoms with Crippen molar-refractivity contribution < 1.29 is 14.7 Å². The lowest BCUT2D eigenvalue weighted by atomic mass is 9.94. The molecule has 29 heavy (non-hydrogen) atoms. The predicted molar refractivity (Wildman–Crippen MR) is 119 cm³/mol. The molecule has 2 atom stereocenters. The van der Waals surface area contributed by atoms with Crippen LogP contribution in [0.5, 0.6) is 0 Å². The van der Waals surface area contributed by atoms with E-state index in [4.69, 9.17) is 5.11 Å². The molecule has 0 spiro atoms. The monoisotopic (exact) mass is 406 g/mol. The number of carboxylic acid groups (broad SMARTS) is 1. The van der Waals surface area contributed by atoms with Gasteiger partial charge in [-0.3, -0.25) is 4.79 Å². The van der Waals surface area contributed by atoms with E-state index in [1.807, 2.05) is 32.1 Å². The van der Waals surface area contributed by atoms with Crippen LogP contribution in [-0.2, 0) is 11.2 Å². The molecule has 3 nitrogen and oxygen atoms in total. The minimum Gasteiger partial charge on any atom is -0.478 e. The van der Waals surface area contributed by atoms with Crippen LogP contribution in [0, 0.1) is 32.1 Å². The number of carbonyl (C=O) groups is 2. The normalized spacial score (nSPS) is 21.6. The van der Waals surface area contributed by atoms with Crippen LogP contribution in [0.3, 0.4) is 0 Å². The van der Waals surface area contributed by atoms with E-state index in [0.717, 1.165) is 39.6 Å². The maximum absolute atomic E-state index is 12.9. The number of allylic oxidation sites excluding steroid dienone is 1. The molecule has 0 aliphatic heterocycles. The molecule has 0 radical (unpaired) electrons. The van der Waals surface area contributed by atoms with E-state index >= 15 is 0 Å². The molecule has 0 unspecified atom stereocenters. The van der Waals surface area contributed by atoms with Crippen molar-refractivity contribution >= 4 is 35.2 Å². The van der Waals surface area contributed by atoms with Gasteiger partial charge in [-0.2, -0.15) is 0 Å². The number of hydrogen-bond acceptors (Lipinski definition) is 3. The lowest BCUT2D eigenvalue weighted by molar-refractivity contribution is -0.131. The van der Waals surface area contributed by atoms with Gasteiger partial charge in [0, 0.05) is 11.0 Å². The van der Waals surface area contributed by atoms with Gasteiger partial charge >= 0.3 is 5.97 Å². The summed E-state index contributed by atoms with van der Waals surface area (Å²) >= 11 is 1.64. The van der Waals surface area contributed by atoms with Gasteiger partial charge in [-0.05, 0) is 90.0 Å². The summed E-state index contributed by atoms with van der Waals surface area (Å²) in [6, 6.07) is 3.97. The summed E-state index contributed by atoms with van der Waals surface area (Å²) < 4.78 is 0. The number of carboxylic acids is 1. The summed E-state index contributed by atoms with van der Waals surface area (Å²) in [5.41, 5.74) is 6.97. The first-order valence-electron chi connectivity index (χ1n) is 9.98. The average Bonchev–Trinajstić information content (AvgIpc) is 2.97. The second kappa shape index (κ2) is 6.81. The number of aryl methyl sites for hydroxylation is 3. The van der Waals surface area contributed by atoms with Crippen molar-refractivity contribution in [2.24, 2.45) is 11.3 Å². The highest BCUT2D eigenvalue weighted by Gasteiger charge is 2.63. The number of thiophene rings is 1. The zero-order chi connectivity index (χ0) is 21.1. The topological polar surface area (TPSA) is 54.4 Å². The molecule has 1 aromatic carbocycles. The highest BCUT2D eigenvalue weighted by Crippen LogP contribution is 2.71.